The van der Waals surface area contributed by atoms with E-state index in [1.165, 1.54) is 0 Å². The number of hydrogen-bond donors (Lipinski definition) is 8. The predicted molar refractivity (Wildman–Crippen MR) is 57.4 cm³/mol. The van der Waals surface area contributed by atoms with Crippen LogP contribution in [0.3, 0.4) is 0 Å². The molecule has 0 fully saturated rings. The molecule has 3 atom stereocenters. The normalized spacial score (nSPS) is 15.6. The van der Waals surface area contributed by atoms with Gasteiger partial charge in [0.25, 0.3) is 0 Å². The van der Waals surface area contributed by atoms with Gasteiger partial charge in [0.1, 0.15) is 31.0 Å². The van der Waals surface area contributed by atoms with Crippen LogP contribution in [0.4, 0.5) is 0 Å². The highest BCUT2D eigenvalue weighted by Gasteiger charge is 2.28. The van der Waals surface area contributed by atoms with E-state index in [0.717, 1.165) is 0 Å². The molecule has 0 amide bonds. The van der Waals surface area contributed by atoms with Crippen LogP contribution in [0.1, 0.15) is 0 Å². The van der Waals surface area contributed by atoms with Gasteiger partial charge in [0, 0.05) is 0 Å². The van der Waals surface area contributed by atoms with Gasteiger partial charge in [-0.3, -0.25) is 4.79 Å². The smallest absolute Gasteiger partial charge is 0.189 e. The Morgan fingerprint density at radius 2 is 1.28 bits per heavy atom. The Bertz CT molecular complexity index is 206. The largest absolute Gasteiger partial charge is 0.394 e. The fraction of sp³-hybridized carbons (Fsp3) is 0.889. The Morgan fingerprint density at radius 1 is 0.833 bits per heavy atom. The summed E-state index contributed by atoms with van der Waals surface area (Å²) in [5.41, 5.74) is 0. The van der Waals surface area contributed by atoms with Crippen LogP contribution in [0, 0.1) is 0 Å². The molecule has 0 rings (SSSR count). The lowest BCUT2D eigenvalue weighted by Gasteiger charge is -2.19. The lowest BCUT2D eigenvalue weighted by molar-refractivity contribution is -0.142. The molecular weight excluding hydrogens is 252 g/mol. The van der Waals surface area contributed by atoms with E-state index in [4.69, 9.17) is 40.9 Å². The van der Waals surface area contributed by atoms with Crippen molar-refractivity contribution in [3.8, 4) is 0 Å². The zero-order chi connectivity index (χ0) is 14.7. The molecule has 0 aromatic rings. The Kier molecular flexibility index (Phi) is 12.5. The lowest BCUT2D eigenvalue weighted by Crippen LogP contribution is -2.44. The van der Waals surface area contributed by atoms with E-state index in [0.29, 0.717) is 0 Å². The second-order valence-electron chi connectivity index (χ2n) is 3.33. The fourth-order valence-electron chi connectivity index (χ4n) is 0.660. The second kappa shape index (κ2) is 11.4. The average Bonchev–Trinajstić information content (AvgIpc) is 2.43. The molecule has 0 saturated carbocycles. The third kappa shape index (κ3) is 8.44. The first kappa shape index (κ1) is 19.7. The minimum absolute atomic E-state index is 0.365. The number of Topliss-reactive ketones (excluding diaryl/α,β-unsaturated/α-hetero) is 1. The van der Waals surface area contributed by atoms with Crippen LogP contribution in [-0.2, 0) is 4.79 Å². The van der Waals surface area contributed by atoms with Gasteiger partial charge in [0.05, 0.1) is 19.8 Å². The first-order valence-corrected chi connectivity index (χ1v) is 5.04. The number of carbonyl (C=O) groups excluding carboxylic acids is 1. The van der Waals surface area contributed by atoms with Gasteiger partial charge in [-0.2, -0.15) is 0 Å². The van der Waals surface area contributed by atoms with Crippen LogP contribution >= 0.6 is 0 Å². The van der Waals surface area contributed by atoms with Crippen LogP contribution in [0.2, 0.25) is 0 Å². The molecule has 0 aliphatic rings. The lowest BCUT2D eigenvalue weighted by atomic mass is 10.1. The van der Waals surface area contributed by atoms with Crippen molar-refractivity contribution < 1.29 is 45.6 Å². The van der Waals surface area contributed by atoms with Crippen molar-refractivity contribution in [2.45, 2.75) is 24.4 Å². The summed E-state index contributed by atoms with van der Waals surface area (Å²) >= 11 is 0. The molecular formula is C9H20O9. The van der Waals surface area contributed by atoms with Crippen LogP contribution in [0.15, 0.2) is 0 Å². The Morgan fingerprint density at radius 3 is 1.50 bits per heavy atom. The summed E-state index contributed by atoms with van der Waals surface area (Å²) in [6.07, 6.45) is -6.17. The van der Waals surface area contributed by atoms with Gasteiger partial charge in [-0.15, -0.1) is 0 Å². The third-order valence-corrected chi connectivity index (χ3v) is 1.81. The Hall–Kier alpha value is -0.650. The number of aliphatic hydroxyl groups excluding tert-OH is 8. The molecule has 0 aliphatic heterocycles. The van der Waals surface area contributed by atoms with Crippen molar-refractivity contribution in [3.05, 3.63) is 0 Å². The van der Waals surface area contributed by atoms with Crippen LogP contribution < -0.4 is 0 Å². The summed E-state index contributed by atoms with van der Waals surface area (Å²) in [7, 11) is 0. The van der Waals surface area contributed by atoms with E-state index in [1.807, 2.05) is 0 Å². The van der Waals surface area contributed by atoms with Gasteiger partial charge in [-0.05, 0) is 0 Å². The summed E-state index contributed by atoms with van der Waals surface area (Å²) in [5.74, 6) is -1.00. The average molecular weight is 272 g/mol. The number of carbonyl (C=O) groups is 1. The van der Waals surface area contributed by atoms with E-state index >= 15 is 0 Å². The molecule has 18 heavy (non-hydrogen) atoms. The van der Waals surface area contributed by atoms with Crippen LogP contribution in [0.25, 0.3) is 0 Å². The minimum Gasteiger partial charge on any atom is -0.394 e. The summed E-state index contributed by atoms with van der Waals surface area (Å²) in [6, 6.07) is 0. The Labute approximate surface area is 103 Å². The molecule has 0 aromatic carbocycles. The third-order valence-electron chi connectivity index (χ3n) is 1.81. The fourth-order valence-corrected chi connectivity index (χ4v) is 0.660. The topological polar surface area (TPSA) is 179 Å². The standard InChI is InChI=1S/C6H12O6.C3H8O3/c7-1-3(9)5(11)6(12)4(10)2-8;4-1-3(6)2-5/h3,5-9,11-12H,1-2H2;3-6H,1-2H2. The number of rotatable bonds is 7. The first-order valence-electron chi connectivity index (χ1n) is 5.04. The monoisotopic (exact) mass is 272 g/mol. The van der Waals surface area contributed by atoms with Gasteiger partial charge in [0.15, 0.2) is 5.78 Å². The number of aliphatic hydroxyl groups is 8. The van der Waals surface area contributed by atoms with Gasteiger partial charge < -0.3 is 40.9 Å². The highest BCUT2D eigenvalue weighted by molar-refractivity contribution is 5.84. The molecule has 0 spiro atoms. The first-order chi connectivity index (χ1) is 8.35. The maximum absolute atomic E-state index is 10.5. The molecule has 0 bridgehead atoms. The van der Waals surface area contributed by atoms with Crippen molar-refractivity contribution in [1.29, 1.82) is 0 Å². The molecule has 9 nitrogen and oxygen atoms in total. The van der Waals surface area contributed by atoms with Gasteiger partial charge in [-0.1, -0.05) is 0 Å². The maximum atomic E-state index is 10.5. The molecule has 9 heteroatoms. The molecule has 3 unspecified atom stereocenters. The van der Waals surface area contributed by atoms with Crippen LogP contribution in [0.5, 0.6) is 0 Å². The van der Waals surface area contributed by atoms with Gasteiger partial charge >= 0.3 is 0 Å². The van der Waals surface area contributed by atoms with Crippen molar-refractivity contribution >= 4 is 5.78 Å². The molecule has 0 aromatic heterocycles. The van der Waals surface area contributed by atoms with Crippen molar-refractivity contribution in [1.82, 2.24) is 0 Å². The zero-order valence-electron chi connectivity index (χ0n) is 9.62. The van der Waals surface area contributed by atoms with Crippen molar-refractivity contribution in [2.75, 3.05) is 26.4 Å². The van der Waals surface area contributed by atoms with Gasteiger partial charge in [0.2, 0.25) is 0 Å². The summed E-state index contributed by atoms with van der Waals surface area (Å²) in [6.45, 7) is -2.42. The van der Waals surface area contributed by atoms with Crippen molar-refractivity contribution in [2.24, 2.45) is 0 Å². The number of ketones is 1. The highest BCUT2D eigenvalue weighted by Crippen LogP contribution is 2.00. The van der Waals surface area contributed by atoms with E-state index in [-0.39, 0.29) is 13.2 Å². The predicted octanol–water partition coefficient (Wildman–Crippen LogP) is -5.05. The van der Waals surface area contributed by atoms with Crippen molar-refractivity contribution in [3.63, 3.8) is 0 Å². The Balaban J connectivity index is 0. The minimum atomic E-state index is -1.86. The zero-order valence-corrected chi connectivity index (χ0v) is 9.62. The molecule has 0 saturated heterocycles. The van der Waals surface area contributed by atoms with E-state index < -0.39 is 43.4 Å². The van der Waals surface area contributed by atoms with Crippen LogP contribution in [-0.4, -0.2) is 97.5 Å². The van der Waals surface area contributed by atoms with E-state index in [1.54, 1.807) is 0 Å². The molecule has 0 radical (unpaired) electrons. The molecule has 0 heterocycles. The summed E-state index contributed by atoms with van der Waals surface area (Å²) in [4.78, 5) is 10.5. The second-order valence-corrected chi connectivity index (χ2v) is 3.33. The van der Waals surface area contributed by atoms with Gasteiger partial charge in [-0.25, -0.2) is 0 Å². The van der Waals surface area contributed by atoms with E-state index in [2.05, 4.69) is 0 Å². The van der Waals surface area contributed by atoms with E-state index in [9.17, 15) is 4.79 Å². The molecule has 8 N–H and O–H groups in total. The SMILES string of the molecule is O=C(CO)C(O)C(O)C(O)CO.OCC(O)CO. The summed E-state index contributed by atoms with van der Waals surface area (Å²) < 4.78 is 0. The highest BCUT2D eigenvalue weighted by atomic mass is 16.4. The number of hydrogen-bond acceptors (Lipinski definition) is 9. The maximum Gasteiger partial charge on any atom is 0.189 e. The summed E-state index contributed by atoms with van der Waals surface area (Å²) in [5, 5.41) is 67.1. The molecule has 110 valence electrons. The quantitative estimate of drug-likeness (QED) is 0.225. The molecule has 0 aliphatic carbocycles.